The van der Waals surface area contributed by atoms with Gasteiger partial charge in [0.1, 0.15) is 30.0 Å². The van der Waals surface area contributed by atoms with Crippen LogP contribution in [0.5, 0.6) is 0 Å². The van der Waals surface area contributed by atoms with Crippen LogP contribution in [0, 0.1) is 12.8 Å². The highest BCUT2D eigenvalue weighted by Gasteiger charge is 2.64. The van der Waals surface area contributed by atoms with Crippen molar-refractivity contribution in [2.24, 2.45) is 5.92 Å². The SMILES string of the molecule is COC1/C=C/C=C(\C)Cc2cc(C)c(Cl)c(c2)N(C)C(=O)CC(OC(=O)[C@H](C)N(C)C(C)=O)C2(C)OC2C(C)C2CC1(O)NC(=O)O2. The number of nitrogens with one attached hydrogen (secondary N) is 1. The number of fused-ring (bicyclic) bond motifs is 5. The Morgan fingerprint density at radius 1 is 1.26 bits per heavy atom. The summed E-state index contributed by atoms with van der Waals surface area (Å²) in [7, 11) is 4.54. The molecule has 3 aliphatic rings. The van der Waals surface area contributed by atoms with E-state index in [1.165, 1.54) is 37.8 Å². The lowest BCUT2D eigenvalue weighted by atomic mass is 9.83. The third-order valence-electron chi connectivity index (χ3n) is 9.62. The molecule has 47 heavy (non-hydrogen) atoms. The van der Waals surface area contributed by atoms with E-state index in [2.05, 4.69) is 5.32 Å². The summed E-state index contributed by atoms with van der Waals surface area (Å²) in [6, 6.07) is 2.87. The summed E-state index contributed by atoms with van der Waals surface area (Å²) < 4.78 is 23.4. The van der Waals surface area contributed by atoms with Crippen LogP contribution in [0.4, 0.5) is 10.5 Å². The quantitative estimate of drug-likeness (QED) is 0.359. The van der Waals surface area contributed by atoms with Crippen molar-refractivity contribution in [3.63, 3.8) is 0 Å². The van der Waals surface area contributed by atoms with E-state index in [0.29, 0.717) is 17.1 Å². The molecule has 0 spiro atoms. The summed E-state index contributed by atoms with van der Waals surface area (Å²) in [6.07, 6.45) is 1.31. The van der Waals surface area contributed by atoms with Gasteiger partial charge in [-0.05, 0) is 51.3 Å². The number of nitrogens with zero attached hydrogens (tertiary/aromatic N) is 2. The normalized spacial score (nSPS) is 33.7. The van der Waals surface area contributed by atoms with Crippen molar-refractivity contribution in [3.8, 4) is 0 Å². The first kappa shape index (κ1) is 36.4. The van der Waals surface area contributed by atoms with Gasteiger partial charge in [-0.15, -0.1) is 0 Å². The lowest BCUT2D eigenvalue weighted by Gasteiger charge is -2.42. The molecule has 0 aromatic heterocycles. The summed E-state index contributed by atoms with van der Waals surface area (Å²) in [4.78, 5) is 54.7. The number of carbonyl (C=O) groups is 4. The first-order chi connectivity index (χ1) is 21.9. The maximum Gasteiger partial charge on any atom is 0.409 e. The number of hydrogen-bond donors (Lipinski definition) is 2. The Hall–Kier alpha value is -3.45. The molecule has 4 rings (SSSR count). The number of likely N-dealkylation sites (N-methyl/N-ethyl adjacent to an activating group) is 1. The van der Waals surface area contributed by atoms with Crippen LogP contribution >= 0.6 is 11.6 Å². The molecule has 1 aromatic rings. The number of halogens is 1. The van der Waals surface area contributed by atoms with Gasteiger partial charge in [0.05, 0.1) is 23.2 Å². The lowest BCUT2D eigenvalue weighted by Crippen LogP contribution is -2.63. The number of allylic oxidation sites excluding steroid dienone is 3. The monoisotopic (exact) mass is 675 g/mol. The van der Waals surface area contributed by atoms with Gasteiger partial charge in [-0.3, -0.25) is 14.9 Å². The molecule has 3 heterocycles. The van der Waals surface area contributed by atoms with Gasteiger partial charge in [0.25, 0.3) is 0 Å². The Balaban J connectivity index is 1.78. The Bertz CT molecular complexity index is 1480. The van der Waals surface area contributed by atoms with Crippen LogP contribution in [0.2, 0.25) is 5.02 Å². The predicted octanol–water partition coefficient (Wildman–Crippen LogP) is 3.83. The van der Waals surface area contributed by atoms with Crippen molar-refractivity contribution in [1.29, 1.82) is 0 Å². The van der Waals surface area contributed by atoms with Gasteiger partial charge >= 0.3 is 12.1 Å². The molecule has 258 valence electrons. The Kier molecular flexibility index (Phi) is 10.8. The number of amides is 3. The molecule has 0 aliphatic carbocycles. The average Bonchev–Trinajstić information content (AvgIpc) is 3.70. The van der Waals surface area contributed by atoms with Crippen LogP contribution < -0.4 is 10.2 Å². The molecular formula is C34H46ClN3O9. The maximum atomic E-state index is 13.9. The van der Waals surface area contributed by atoms with E-state index in [9.17, 15) is 24.3 Å². The maximum absolute atomic E-state index is 13.9. The number of hydrogen-bond acceptors (Lipinski definition) is 9. The molecule has 4 bridgehead atoms. The lowest BCUT2D eigenvalue weighted by molar-refractivity contribution is -0.161. The number of carbonyl (C=O) groups excluding carboxylic acids is 4. The van der Waals surface area contributed by atoms with E-state index in [4.69, 9.17) is 30.5 Å². The molecule has 3 amide bonds. The highest BCUT2D eigenvalue weighted by Crippen LogP contribution is 2.49. The largest absolute Gasteiger partial charge is 0.457 e. The first-order valence-electron chi connectivity index (χ1n) is 15.7. The standard InChI is InChI=1S/C34H46ClN3O9/c1-18-11-10-12-26(44-9)34(43)17-25(45-32(42)36-34)20(3)30-33(6,47-30)27(46-31(41)21(4)37(7)22(5)39)16-28(40)38(8)24-15-23(13-18)14-19(2)29(24)35/h10-12,14-15,20-21,25-27,30,43H,13,16-17H2,1-9H3,(H,36,42)/b12-10+,18-11+/t20?,21-,25?,26?,27?,30?,33?,34?/m0/s1. The molecule has 13 heteroatoms. The van der Waals surface area contributed by atoms with Crippen molar-refractivity contribution in [2.45, 2.75) is 103 Å². The van der Waals surface area contributed by atoms with Gasteiger partial charge in [0.2, 0.25) is 11.8 Å². The number of ether oxygens (including phenoxy) is 4. The zero-order valence-corrected chi connectivity index (χ0v) is 29.2. The zero-order valence-electron chi connectivity index (χ0n) is 28.5. The van der Waals surface area contributed by atoms with Crippen LogP contribution in [-0.2, 0) is 39.8 Å². The van der Waals surface area contributed by atoms with Crippen molar-refractivity contribution < 1.29 is 43.2 Å². The van der Waals surface area contributed by atoms with Crippen molar-refractivity contribution in [3.05, 3.63) is 52.1 Å². The number of aryl methyl sites for hydroxylation is 1. The Labute approximate surface area is 281 Å². The zero-order chi connectivity index (χ0) is 35.0. The van der Waals surface area contributed by atoms with Crippen LogP contribution in [0.3, 0.4) is 0 Å². The van der Waals surface area contributed by atoms with Crippen LogP contribution in [-0.4, -0.2) is 96.9 Å². The number of alkyl carbamates (subject to hydrolysis) is 1. The van der Waals surface area contributed by atoms with Gasteiger partial charge in [0, 0.05) is 40.5 Å². The van der Waals surface area contributed by atoms with E-state index in [1.54, 1.807) is 33.0 Å². The number of aliphatic hydroxyl groups is 1. The van der Waals surface area contributed by atoms with Gasteiger partial charge in [-0.2, -0.15) is 0 Å². The summed E-state index contributed by atoms with van der Waals surface area (Å²) in [6.45, 7) is 10.2. The summed E-state index contributed by atoms with van der Waals surface area (Å²) in [5, 5.41) is 14.6. The number of epoxide rings is 1. The highest BCUT2D eigenvalue weighted by atomic mass is 35.5. The van der Waals surface area contributed by atoms with E-state index >= 15 is 0 Å². The fourth-order valence-electron chi connectivity index (χ4n) is 6.31. The molecule has 2 fully saturated rings. The van der Waals surface area contributed by atoms with E-state index < -0.39 is 59.8 Å². The molecule has 1 aromatic carbocycles. The van der Waals surface area contributed by atoms with Gasteiger partial charge < -0.3 is 33.9 Å². The minimum absolute atomic E-state index is 0.0302. The first-order valence-corrected chi connectivity index (χ1v) is 16.0. The van der Waals surface area contributed by atoms with Crippen LogP contribution in [0.25, 0.3) is 0 Å². The van der Waals surface area contributed by atoms with Gasteiger partial charge in [0.15, 0.2) is 5.72 Å². The molecule has 7 unspecified atom stereocenters. The second kappa shape index (κ2) is 14.0. The minimum atomic E-state index is -1.80. The highest BCUT2D eigenvalue weighted by molar-refractivity contribution is 6.34. The number of rotatable bonds is 4. The Morgan fingerprint density at radius 3 is 2.57 bits per heavy atom. The van der Waals surface area contributed by atoms with E-state index in [1.807, 2.05) is 32.1 Å². The smallest absolute Gasteiger partial charge is 0.409 e. The number of methoxy groups -OCH3 is 1. The molecule has 0 radical (unpaired) electrons. The predicted molar refractivity (Wildman–Crippen MR) is 175 cm³/mol. The third-order valence-corrected chi connectivity index (χ3v) is 10.1. The molecule has 2 saturated heterocycles. The minimum Gasteiger partial charge on any atom is -0.457 e. The Morgan fingerprint density at radius 2 is 1.94 bits per heavy atom. The second-order valence-corrected chi connectivity index (χ2v) is 13.5. The van der Waals surface area contributed by atoms with Crippen molar-refractivity contribution in [1.82, 2.24) is 10.2 Å². The van der Waals surface area contributed by atoms with Crippen molar-refractivity contribution >= 4 is 41.2 Å². The second-order valence-electron chi connectivity index (χ2n) is 13.1. The molecule has 12 nitrogen and oxygen atoms in total. The fraction of sp³-hybridized carbons (Fsp3) is 0.588. The molecule has 0 saturated carbocycles. The molecular weight excluding hydrogens is 630 g/mol. The molecule has 8 atom stereocenters. The summed E-state index contributed by atoms with van der Waals surface area (Å²) in [5.41, 5.74) is 0.220. The average molecular weight is 676 g/mol. The van der Waals surface area contributed by atoms with Crippen molar-refractivity contribution in [2.75, 3.05) is 26.1 Å². The third kappa shape index (κ3) is 7.66. The molecule has 3 aliphatic heterocycles. The van der Waals surface area contributed by atoms with E-state index in [0.717, 1.165) is 16.7 Å². The number of anilines is 1. The van der Waals surface area contributed by atoms with Crippen LogP contribution in [0.15, 0.2) is 35.9 Å². The van der Waals surface area contributed by atoms with E-state index in [-0.39, 0.29) is 24.7 Å². The fourth-order valence-corrected chi connectivity index (χ4v) is 6.55. The van der Waals surface area contributed by atoms with Crippen LogP contribution in [0.1, 0.15) is 58.6 Å². The molecule has 2 N–H and O–H groups in total. The summed E-state index contributed by atoms with van der Waals surface area (Å²) >= 11 is 6.72. The van der Waals surface area contributed by atoms with Gasteiger partial charge in [-0.25, -0.2) is 9.59 Å². The number of esters is 1. The summed E-state index contributed by atoms with van der Waals surface area (Å²) in [5.74, 6) is -1.91. The topological polar surface area (TPSA) is 147 Å². The number of benzene rings is 1. The van der Waals surface area contributed by atoms with Gasteiger partial charge in [-0.1, -0.05) is 48.4 Å².